The number of benzene rings is 1. The first-order valence-corrected chi connectivity index (χ1v) is 11.1. The van der Waals surface area contributed by atoms with Crippen molar-refractivity contribution in [2.75, 3.05) is 4.72 Å². The first-order valence-electron chi connectivity index (χ1n) is 7.92. The Labute approximate surface area is 156 Å². The highest BCUT2D eigenvalue weighted by atomic mass is 32.2. The molecule has 2 aromatic heterocycles. The fourth-order valence-electron chi connectivity index (χ4n) is 2.28. The normalized spacial score (nSPS) is 11.9. The third-order valence-electron chi connectivity index (χ3n) is 3.81. The van der Waals surface area contributed by atoms with Crippen LogP contribution in [0, 0.1) is 13.8 Å². The average molecular weight is 393 g/mol. The van der Waals surface area contributed by atoms with Gasteiger partial charge in [-0.05, 0) is 49.1 Å². The Hall–Kier alpha value is -1.70. The summed E-state index contributed by atoms with van der Waals surface area (Å²) >= 11 is 2.79. The SMILES string of the molecule is Cc1ccc(C)c(NS(=O)(=O)c2ccc(-c3nc(C(C)C)cs3)s2)c1. The van der Waals surface area contributed by atoms with E-state index in [0.29, 0.717) is 15.8 Å². The van der Waals surface area contributed by atoms with Crippen molar-refractivity contribution < 1.29 is 8.42 Å². The predicted molar refractivity (Wildman–Crippen MR) is 106 cm³/mol. The Morgan fingerprint density at radius 2 is 1.88 bits per heavy atom. The molecule has 3 rings (SSSR count). The van der Waals surface area contributed by atoms with E-state index in [4.69, 9.17) is 0 Å². The van der Waals surface area contributed by atoms with E-state index < -0.39 is 10.0 Å². The van der Waals surface area contributed by atoms with E-state index in [1.807, 2.05) is 43.5 Å². The van der Waals surface area contributed by atoms with Crippen molar-refractivity contribution in [2.45, 2.75) is 37.8 Å². The minimum absolute atomic E-state index is 0.296. The van der Waals surface area contributed by atoms with E-state index in [2.05, 4.69) is 23.6 Å². The molecular formula is C18H20N2O2S3. The second kappa shape index (κ2) is 6.90. The number of thiazole rings is 1. The van der Waals surface area contributed by atoms with Gasteiger partial charge in [-0.3, -0.25) is 4.72 Å². The number of rotatable bonds is 5. The van der Waals surface area contributed by atoms with Crippen molar-refractivity contribution in [1.29, 1.82) is 0 Å². The number of anilines is 1. The first kappa shape index (κ1) is 18.1. The summed E-state index contributed by atoms with van der Waals surface area (Å²) in [5.74, 6) is 0.360. The van der Waals surface area contributed by atoms with Crippen LogP contribution in [0.3, 0.4) is 0 Å². The lowest BCUT2D eigenvalue weighted by Crippen LogP contribution is -2.12. The maximum atomic E-state index is 12.7. The summed E-state index contributed by atoms with van der Waals surface area (Å²) in [4.78, 5) is 5.47. The summed E-state index contributed by atoms with van der Waals surface area (Å²) in [6.45, 7) is 8.02. The molecule has 2 heterocycles. The fourth-order valence-corrected chi connectivity index (χ4v) is 5.77. The summed E-state index contributed by atoms with van der Waals surface area (Å²) < 4.78 is 28.4. The van der Waals surface area contributed by atoms with Crippen LogP contribution in [-0.2, 0) is 10.0 Å². The number of thiophene rings is 1. The molecule has 0 bridgehead atoms. The lowest BCUT2D eigenvalue weighted by atomic mass is 10.1. The summed E-state index contributed by atoms with van der Waals surface area (Å²) in [6.07, 6.45) is 0. The molecule has 3 aromatic rings. The van der Waals surface area contributed by atoms with Crippen molar-refractivity contribution >= 4 is 38.4 Å². The highest BCUT2D eigenvalue weighted by molar-refractivity contribution is 7.94. The summed E-state index contributed by atoms with van der Waals surface area (Å²) in [7, 11) is -3.60. The largest absolute Gasteiger partial charge is 0.279 e. The van der Waals surface area contributed by atoms with Gasteiger partial charge in [-0.1, -0.05) is 26.0 Å². The Bertz CT molecular complexity index is 1000. The van der Waals surface area contributed by atoms with Gasteiger partial charge in [0.15, 0.2) is 0 Å². The fraction of sp³-hybridized carbons (Fsp3) is 0.278. The molecule has 0 saturated heterocycles. The van der Waals surface area contributed by atoms with E-state index in [0.717, 1.165) is 26.7 Å². The molecule has 1 N–H and O–H groups in total. The van der Waals surface area contributed by atoms with Crippen LogP contribution in [0.15, 0.2) is 39.9 Å². The molecule has 4 nitrogen and oxygen atoms in total. The monoisotopic (exact) mass is 392 g/mol. The first-order chi connectivity index (χ1) is 11.8. The third-order valence-corrected chi connectivity index (χ3v) is 7.78. The van der Waals surface area contributed by atoms with Gasteiger partial charge in [0, 0.05) is 5.38 Å². The van der Waals surface area contributed by atoms with Gasteiger partial charge in [0.25, 0.3) is 10.0 Å². The predicted octanol–water partition coefficient (Wildman–Crippen LogP) is 5.41. The molecule has 0 radical (unpaired) electrons. The number of sulfonamides is 1. The number of nitrogens with zero attached hydrogens (tertiary/aromatic N) is 1. The van der Waals surface area contributed by atoms with E-state index in [9.17, 15) is 8.42 Å². The van der Waals surface area contributed by atoms with Gasteiger partial charge >= 0.3 is 0 Å². The zero-order chi connectivity index (χ0) is 18.2. The standard InChI is InChI=1S/C18H20N2O2S3/c1-11(2)15-10-23-18(19-15)16-7-8-17(24-16)25(21,22)20-14-9-12(3)5-6-13(14)4/h5-11,20H,1-4H3. The Kier molecular flexibility index (Phi) is 4.99. The highest BCUT2D eigenvalue weighted by Gasteiger charge is 2.19. The van der Waals surface area contributed by atoms with E-state index >= 15 is 0 Å². The third kappa shape index (κ3) is 3.94. The number of hydrogen-bond acceptors (Lipinski definition) is 5. The van der Waals surface area contributed by atoms with Gasteiger partial charge in [0.2, 0.25) is 0 Å². The maximum absolute atomic E-state index is 12.7. The Morgan fingerprint density at radius 1 is 1.12 bits per heavy atom. The molecule has 0 amide bonds. The van der Waals surface area contributed by atoms with Crippen molar-refractivity contribution in [2.24, 2.45) is 0 Å². The van der Waals surface area contributed by atoms with Gasteiger partial charge in [-0.25, -0.2) is 13.4 Å². The second-order valence-electron chi connectivity index (χ2n) is 6.27. The van der Waals surface area contributed by atoms with Crippen LogP contribution in [-0.4, -0.2) is 13.4 Å². The van der Waals surface area contributed by atoms with Crippen LogP contribution in [0.2, 0.25) is 0 Å². The molecule has 0 saturated carbocycles. The van der Waals surface area contributed by atoms with Gasteiger partial charge in [0.05, 0.1) is 16.3 Å². The molecule has 0 aliphatic heterocycles. The maximum Gasteiger partial charge on any atom is 0.271 e. The zero-order valence-corrected chi connectivity index (χ0v) is 17.0. The van der Waals surface area contributed by atoms with Crippen LogP contribution < -0.4 is 4.72 Å². The van der Waals surface area contributed by atoms with Crippen molar-refractivity contribution in [3.05, 3.63) is 52.5 Å². The van der Waals surface area contributed by atoms with E-state index in [-0.39, 0.29) is 0 Å². The molecule has 0 aliphatic rings. The second-order valence-corrected chi connectivity index (χ2v) is 10.1. The van der Waals surface area contributed by atoms with Crippen LogP contribution in [0.1, 0.15) is 36.6 Å². The molecule has 0 atom stereocenters. The van der Waals surface area contributed by atoms with Gasteiger partial charge in [0.1, 0.15) is 9.22 Å². The minimum Gasteiger partial charge on any atom is -0.279 e. The van der Waals surface area contributed by atoms with Crippen LogP contribution in [0.5, 0.6) is 0 Å². The molecule has 132 valence electrons. The molecule has 25 heavy (non-hydrogen) atoms. The van der Waals surface area contributed by atoms with Gasteiger partial charge in [-0.2, -0.15) is 0 Å². The van der Waals surface area contributed by atoms with Crippen molar-refractivity contribution in [3.63, 3.8) is 0 Å². The molecular weight excluding hydrogens is 372 g/mol. The zero-order valence-electron chi connectivity index (χ0n) is 14.5. The minimum atomic E-state index is -3.60. The van der Waals surface area contributed by atoms with Gasteiger partial charge in [-0.15, -0.1) is 22.7 Å². The Morgan fingerprint density at radius 3 is 2.56 bits per heavy atom. The topological polar surface area (TPSA) is 59.1 Å². The number of hydrogen-bond donors (Lipinski definition) is 1. The lowest BCUT2D eigenvalue weighted by molar-refractivity contribution is 0.603. The van der Waals surface area contributed by atoms with Crippen molar-refractivity contribution in [1.82, 2.24) is 4.98 Å². The highest BCUT2D eigenvalue weighted by Crippen LogP contribution is 2.34. The Balaban J connectivity index is 1.88. The average Bonchev–Trinajstić information content (AvgIpc) is 3.19. The smallest absolute Gasteiger partial charge is 0.271 e. The van der Waals surface area contributed by atoms with Crippen LogP contribution in [0.4, 0.5) is 5.69 Å². The number of aromatic nitrogens is 1. The summed E-state index contributed by atoms with van der Waals surface area (Å²) in [5.41, 5.74) is 3.56. The van der Waals surface area contributed by atoms with E-state index in [1.54, 1.807) is 17.4 Å². The molecule has 0 aliphatic carbocycles. The molecule has 1 aromatic carbocycles. The summed E-state index contributed by atoms with van der Waals surface area (Å²) in [5, 5.41) is 2.89. The van der Waals surface area contributed by atoms with Crippen LogP contribution in [0.25, 0.3) is 9.88 Å². The molecule has 0 spiro atoms. The van der Waals surface area contributed by atoms with Crippen molar-refractivity contribution in [3.8, 4) is 9.88 Å². The molecule has 0 unspecified atom stereocenters. The van der Waals surface area contributed by atoms with Gasteiger partial charge < -0.3 is 0 Å². The quantitative estimate of drug-likeness (QED) is 0.631. The number of aryl methyl sites for hydroxylation is 2. The molecule has 7 heteroatoms. The van der Waals surface area contributed by atoms with Crippen LogP contribution >= 0.6 is 22.7 Å². The molecule has 0 fully saturated rings. The lowest BCUT2D eigenvalue weighted by Gasteiger charge is -2.10. The summed E-state index contributed by atoms with van der Waals surface area (Å²) in [6, 6.07) is 9.19. The number of nitrogens with one attached hydrogen (secondary N) is 1. The van der Waals surface area contributed by atoms with E-state index in [1.165, 1.54) is 11.3 Å².